The zero-order chi connectivity index (χ0) is 15.4. The van der Waals surface area contributed by atoms with Crippen molar-refractivity contribution in [2.24, 2.45) is 0 Å². The Morgan fingerprint density at radius 1 is 1.05 bits per heavy atom. The molecule has 0 amide bonds. The van der Waals surface area contributed by atoms with E-state index in [2.05, 4.69) is 63.2 Å². The largest absolute Gasteiger partial charge is 0.508 e. The average molecular weight is 413 g/mol. The van der Waals surface area contributed by atoms with Gasteiger partial charge in [0.15, 0.2) is 0 Å². The van der Waals surface area contributed by atoms with Gasteiger partial charge in [-0.1, -0.05) is 50.9 Å². The Bertz CT molecular complexity index is 598. The summed E-state index contributed by atoms with van der Waals surface area (Å²) in [6, 6.07) is 14.2. The Labute approximate surface area is 142 Å². The van der Waals surface area contributed by atoms with Crippen molar-refractivity contribution in [3.05, 3.63) is 62.5 Å². The molecule has 0 aliphatic rings. The molecule has 4 heteroatoms. The number of phenols is 1. The number of hydrogen-bond donors (Lipinski definition) is 2. The second kappa shape index (κ2) is 7.43. The smallest absolute Gasteiger partial charge is 0.120 e. The first-order chi connectivity index (χ1) is 10.0. The van der Waals surface area contributed by atoms with Gasteiger partial charge in [0.05, 0.1) is 0 Å². The highest BCUT2D eigenvalue weighted by atomic mass is 79.9. The van der Waals surface area contributed by atoms with Gasteiger partial charge in [-0.05, 0) is 49.2 Å². The second-order valence-electron chi connectivity index (χ2n) is 5.10. The fourth-order valence-electron chi connectivity index (χ4n) is 2.38. The van der Waals surface area contributed by atoms with Crippen LogP contribution < -0.4 is 5.32 Å². The van der Waals surface area contributed by atoms with Crippen LogP contribution in [-0.4, -0.2) is 5.11 Å². The Kier molecular flexibility index (Phi) is 5.85. The molecule has 0 aliphatic carbocycles. The molecule has 0 aromatic heterocycles. The summed E-state index contributed by atoms with van der Waals surface area (Å²) >= 11 is 6.92. The molecule has 0 heterocycles. The number of nitrogens with one attached hydrogen (secondary N) is 1. The van der Waals surface area contributed by atoms with Gasteiger partial charge < -0.3 is 10.4 Å². The number of halogens is 2. The fraction of sp³-hybridized carbons (Fsp3) is 0.294. The first kappa shape index (κ1) is 16.5. The molecule has 2 rings (SSSR count). The number of benzene rings is 2. The molecule has 2 N–H and O–H groups in total. The molecule has 0 bridgehead atoms. The molecular formula is C17H19Br2NO. The van der Waals surface area contributed by atoms with Crippen molar-refractivity contribution in [1.82, 2.24) is 5.32 Å². The lowest BCUT2D eigenvalue weighted by atomic mass is 10.0. The highest BCUT2D eigenvalue weighted by Crippen LogP contribution is 2.31. The van der Waals surface area contributed by atoms with Crippen molar-refractivity contribution in [3.8, 4) is 5.75 Å². The van der Waals surface area contributed by atoms with E-state index in [-0.39, 0.29) is 12.1 Å². The van der Waals surface area contributed by atoms with Gasteiger partial charge in [-0.3, -0.25) is 0 Å². The molecule has 2 aromatic rings. The third-order valence-electron chi connectivity index (χ3n) is 3.59. The van der Waals surface area contributed by atoms with Crippen LogP contribution in [0.1, 0.15) is 43.5 Å². The third kappa shape index (κ3) is 4.31. The molecule has 0 saturated heterocycles. The summed E-state index contributed by atoms with van der Waals surface area (Å²) in [4.78, 5) is 0. The van der Waals surface area contributed by atoms with E-state index >= 15 is 0 Å². The summed E-state index contributed by atoms with van der Waals surface area (Å²) in [5.74, 6) is 0.334. The van der Waals surface area contributed by atoms with E-state index in [0.717, 1.165) is 20.9 Å². The van der Waals surface area contributed by atoms with Gasteiger partial charge in [0.2, 0.25) is 0 Å². The fourth-order valence-corrected chi connectivity index (χ4v) is 3.02. The molecule has 0 fully saturated rings. The average Bonchev–Trinajstić information content (AvgIpc) is 2.48. The topological polar surface area (TPSA) is 32.3 Å². The first-order valence-corrected chi connectivity index (χ1v) is 8.59. The van der Waals surface area contributed by atoms with Crippen LogP contribution in [-0.2, 0) is 0 Å². The molecule has 21 heavy (non-hydrogen) atoms. The summed E-state index contributed by atoms with van der Waals surface area (Å²) in [6.45, 7) is 4.26. The van der Waals surface area contributed by atoms with Crippen molar-refractivity contribution in [2.75, 3.05) is 0 Å². The lowest BCUT2D eigenvalue weighted by Gasteiger charge is -2.24. The summed E-state index contributed by atoms with van der Waals surface area (Å²) in [7, 11) is 0. The van der Waals surface area contributed by atoms with E-state index in [1.165, 1.54) is 5.56 Å². The van der Waals surface area contributed by atoms with Crippen LogP contribution in [0.4, 0.5) is 0 Å². The number of hydrogen-bond acceptors (Lipinski definition) is 2. The van der Waals surface area contributed by atoms with Crippen LogP contribution in [0.25, 0.3) is 0 Å². The van der Waals surface area contributed by atoms with Gasteiger partial charge in [0, 0.05) is 26.6 Å². The zero-order valence-electron chi connectivity index (χ0n) is 12.1. The summed E-state index contributed by atoms with van der Waals surface area (Å²) in [5.41, 5.74) is 2.15. The van der Waals surface area contributed by atoms with E-state index in [0.29, 0.717) is 5.75 Å². The van der Waals surface area contributed by atoms with Crippen LogP contribution >= 0.6 is 31.9 Å². The quantitative estimate of drug-likeness (QED) is 0.658. The first-order valence-electron chi connectivity index (χ1n) is 7.01. The molecule has 2 nitrogen and oxygen atoms in total. The Morgan fingerprint density at radius 2 is 1.67 bits per heavy atom. The lowest BCUT2D eigenvalue weighted by Crippen LogP contribution is -2.24. The van der Waals surface area contributed by atoms with Crippen molar-refractivity contribution in [2.45, 2.75) is 32.4 Å². The summed E-state index contributed by atoms with van der Waals surface area (Å²) in [5, 5.41) is 13.7. The van der Waals surface area contributed by atoms with E-state index in [9.17, 15) is 5.11 Å². The van der Waals surface area contributed by atoms with Crippen LogP contribution in [0.5, 0.6) is 5.75 Å². The molecular weight excluding hydrogens is 394 g/mol. The van der Waals surface area contributed by atoms with E-state index < -0.39 is 0 Å². The van der Waals surface area contributed by atoms with Crippen LogP contribution in [0.2, 0.25) is 0 Å². The van der Waals surface area contributed by atoms with Gasteiger partial charge in [0.25, 0.3) is 0 Å². The zero-order valence-corrected chi connectivity index (χ0v) is 15.3. The van der Waals surface area contributed by atoms with Crippen molar-refractivity contribution < 1.29 is 5.11 Å². The van der Waals surface area contributed by atoms with Crippen LogP contribution in [0, 0.1) is 0 Å². The van der Waals surface area contributed by atoms with Gasteiger partial charge in [-0.15, -0.1) is 0 Å². The number of phenolic OH excluding ortho intramolecular Hbond substituents is 1. The van der Waals surface area contributed by atoms with Crippen molar-refractivity contribution in [3.63, 3.8) is 0 Å². The Hall–Kier alpha value is -0.840. The van der Waals surface area contributed by atoms with Crippen molar-refractivity contribution in [1.29, 1.82) is 0 Å². The van der Waals surface area contributed by atoms with E-state index in [4.69, 9.17) is 0 Å². The maximum atomic E-state index is 10.1. The van der Waals surface area contributed by atoms with Crippen LogP contribution in [0.15, 0.2) is 51.4 Å². The Balaban J connectivity index is 2.18. The predicted octanol–water partition coefficient (Wildman–Crippen LogP) is 5.72. The Morgan fingerprint density at radius 3 is 2.29 bits per heavy atom. The molecule has 0 radical (unpaired) electrons. The number of aromatic hydroxyl groups is 1. The van der Waals surface area contributed by atoms with Gasteiger partial charge in [0.1, 0.15) is 5.75 Å². The molecule has 2 aromatic carbocycles. The minimum absolute atomic E-state index is 0.112. The minimum atomic E-state index is 0.112. The molecule has 0 saturated carbocycles. The van der Waals surface area contributed by atoms with Crippen LogP contribution in [0.3, 0.4) is 0 Å². The normalized spacial score (nSPS) is 13.9. The van der Waals surface area contributed by atoms with E-state index in [1.54, 1.807) is 6.07 Å². The van der Waals surface area contributed by atoms with Gasteiger partial charge >= 0.3 is 0 Å². The summed E-state index contributed by atoms with van der Waals surface area (Å²) in [6.07, 6.45) is 0.908. The molecule has 0 aliphatic heterocycles. The van der Waals surface area contributed by atoms with E-state index in [1.807, 2.05) is 24.3 Å². The maximum Gasteiger partial charge on any atom is 0.120 e. The highest BCUT2D eigenvalue weighted by molar-refractivity contribution is 9.10. The summed E-state index contributed by atoms with van der Waals surface area (Å²) < 4.78 is 2.06. The lowest BCUT2D eigenvalue weighted by molar-refractivity contribution is 0.419. The third-order valence-corrected chi connectivity index (χ3v) is 4.62. The predicted molar refractivity (Wildman–Crippen MR) is 94.5 cm³/mol. The highest BCUT2D eigenvalue weighted by Gasteiger charge is 2.17. The molecule has 112 valence electrons. The van der Waals surface area contributed by atoms with Crippen molar-refractivity contribution >= 4 is 31.9 Å². The SMILES string of the molecule is CCC(N[C@H](C)c1ccc(Br)cc1)c1cc(Br)ccc1O. The molecule has 0 spiro atoms. The molecule has 1 unspecified atom stereocenters. The second-order valence-corrected chi connectivity index (χ2v) is 6.94. The monoisotopic (exact) mass is 411 g/mol. The van der Waals surface area contributed by atoms with Gasteiger partial charge in [-0.2, -0.15) is 0 Å². The molecule has 2 atom stereocenters. The minimum Gasteiger partial charge on any atom is -0.508 e. The number of rotatable bonds is 5. The standard InChI is InChI=1S/C17H19Br2NO/c1-3-16(15-10-14(19)8-9-17(15)21)20-11(2)12-4-6-13(18)7-5-12/h4-11,16,20-21H,3H2,1-2H3/t11-,16?/m1/s1. The maximum absolute atomic E-state index is 10.1. The van der Waals surface area contributed by atoms with Gasteiger partial charge in [-0.25, -0.2) is 0 Å².